The van der Waals surface area contributed by atoms with E-state index in [1.54, 1.807) is 0 Å². The van der Waals surface area contributed by atoms with Crippen LogP contribution in [0.3, 0.4) is 0 Å². The number of nitrogens with zero attached hydrogens (tertiary/aromatic N) is 2. The van der Waals surface area contributed by atoms with Crippen molar-refractivity contribution in [1.82, 2.24) is 10.6 Å². The molecule has 2 aliphatic rings. The van der Waals surface area contributed by atoms with Gasteiger partial charge in [-0.3, -0.25) is 4.79 Å². The molecule has 5 nitrogen and oxygen atoms in total. The van der Waals surface area contributed by atoms with E-state index in [0.29, 0.717) is 19.4 Å². The van der Waals surface area contributed by atoms with Crippen molar-refractivity contribution < 1.29 is 4.79 Å². The fourth-order valence-corrected chi connectivity index (χ4v) is 3.03. The number of amides is 1. The Morgan fingerprint density at radius 1 is 1.35 bits per heavy atom. The molecule has 1 atom stereocenters. The van der Waals surface area contributed by atoms with Crippen molar-refractivity contribution in [3.05, 3.63) is 35.4 Å². The van der Waals surface area contributed by atoms with E-state index >= 15 is 0 Å². The summed E-state index contributed by atoms with van der Waals surface area (Å²) in [6.45, 7) is 1.43. The van der Waals surface area contributed by atoms with Gasteiger partial charge in [0.15, 0.2) is 5.66 Å². The van der Waals surface area contributed by atoms with E-state index in [0.717, 1.165) is 25.8 Å². The number of terminal acetylenes is 1. The first-order chi connectivity index (χ1) is 11.2. The standard InChI is InChI=1S/C18H22N4O/c1-2-3-8-18(21-22-18)9-10-19-17(23)12-16-11-14-6-4-5-7-15(14)13-20-16/h1,4-7,16,20H,3,8-13H2,(H,19,23)/t16-/m0/s1. The number of hydrogen-bond donors (Lipinski definition) is 2. The molecular weight excluding hydrogens is 288 g/mol. The molecule has 2 aliphatic heterocycles. The number of nitrogens with one attached hydrogen (secondary N) is 2. The number of rotatable bonds is 7. The molecular formula is C18H22N4O. The Morgan fingerprint density at radius 2 is 2.13 bits per heavy atom. The molecule has 0 radical (unpaired) electrons. The predicted octanol–water partition coefficient (Wildman–Crippen LogP) is 2.17. The summed E-state index contributed by atoms with van der Waals surface area (Å²) in [5.74, 6) is 2.69. The van der Waals surface area contributed by atoms with Crippen molar-refractivity contribution in [1.29, 1.82) is 0 Å². The quantitative estimate of drug-likeness (QED) is 0.758. The summed E-state index contributed by atoms with van der Waals surface area (Å²) in [4.78, 5) is 12.1. The van der Waals surface area contributed by atoms with Gasteiger partial charge in [-0.2, -0.15) is 10.2 Å². The van der Waals surface area contributed by atoms with Crippen molar-refractivity contribution in [2.24, 2.45) is 10.2 Å². The molecule has 0 bridgehead atoms. The van der Waals surface area contributed by atoms with Crippen molar-refractivity contribution in [2.45, 2.75) is 50.4 Å². The predicted molar refractivity (Wildman–Crippen MR) is 88.7 cm³/mol. The molecule has 1 amide bonds. The van der Waals surface area contributed by atoms with Gasteiger partial charge in [0, 0.05) is 44.8 Å². The lowest BCUT2D eigenvalue weighted by atomic mass is 9.94. The van der Waals surface area contributed by atoms with Gasteiger partial charge in [0.1, 0.15) is 0 Å². The van der Waals surface area contributed by atoms with Crippen LogP contribution in [0, 0.1) is 12.3 Å². The van der Waals surface area contributed by atoms with Crippen LogP contribution in [-0.2, 0) is 17.8 Å². The molecule has 0 saturated carbocycles. The van der Waals surface area contributed by atoms with Crippen molar-refractivity contribution in [3.8, 4) is 12.3 Å². The topological polar surface area (TPSA) is 65.8 Å². The zero-order chi connectivity index (χ0) is 16.1. The molecule has 120 valence electrons. The van der Waals surface area contributed by atoms with E-state index in [9.17, 15) is 4.79 Å². The SMILES string of the molecule is C#CCCC1(CCNC(=O)C[C@@H]2Cc3ccccc3CN2)N=N1. The molecule has 23 heavy (non-hydrogen) atoms. The lowest BCUT2D eigenvalue weighted by Crippen LogP contribution is -2.40. The average molecular weight is 310 g/mol. The largest absolute Gasteiger partial charge is 0.356 e. The van der Waals surface area contributed by atoms with Crippen LogP contribution in [0.25, 0.3) is 0 Å². The second-order valence-electron chi connectivity index (χ2n) is 6.24. The molecule has 2 N–H and O–H groups in total. The van der Waals surface area contributed by atoms with Crippen LogP contribution >= 0.6 is 0 Å². The maximum Gasteiger partial charge on any atom is 0.221 e. The highest BCUT2D eigenvalue weighted by atomic mass is 16.1. The van der Waals surface area contributed by atoms with Crippen LogP contribution < -0.4 is 10.6 Å². The van der Waals surface area contributed by atoms with E-state index in [1.807, 2.05) is 0 Å². The smallest absolute Gasteiger partial charge is 0.221 e. The van der Waals surface area contributed by atoms with Gasteiger partial charge >= 0.3 is 0 Å². The third-order valence-corrected chi connectivity index (χ3v) is 4.50. The maximum absolute atomic E-state index is 12.1. The fourth-order valence-electron chi connectivity index (χ4n) is 3.03. The Balaban J connectivity index is 1.38. The molecule has 0 aliphatic carbocycles. The van der Waals surface area contributed by atoms with E-state index in [1.165, 1.54) is 11.1 Å². The Kier molecular flexibility index (Phi) is 4.73. The first-order valence-electron chi connectivity index (χ1n) is 8.15. The molecule has 0 saturated heterocycles. The van der Waals surface area contributed by atoms with Crippen LogP contribution in [0.4, 0.5) is 0 Å². The zero-order valence-electron chi connectivity index (χ0n) is 13.2. The minimum absolute atomic E-state index is 0.0784. The molecule has 1 aromatic rings. The van der Waals surface area contributed by atoms with E-state index in [-0.39, 0.29) is 17.6 Å². The first kappa shape index (κ1) is 15.7. The Bertz CT molecular complexity index is 641. The first-order valence-corrected chi connectivity index (χ1v) is 8.15. The lowest BCUT2D eigenvalue weighted by molar-refractivity contribution is -0.121. The number of hydrogen-bond acceptors (Lipinski definition) is 4. The van der Waals surface area contributed by atoms with Gasteiger partial charge in [0.25, 0.3) is 0 Å². The van der Waals surface area contributed by atoms with Gasteiger partial charge in [-0.15, -0.1) is 12.3 Å². The molecule has 2 heterocycles. The van der Waals surface area contributed by atoms with Crippen LogP contribution in [0.1, 0.15) is 36.8 Å². The monoisotopic (exact) mass is 310 g/mol. The van der Waals surface area contributed by atoms with Crippen LogP contribution in [-0.4, -0.2) is 24.2 Å². The van der Waals surface area contributed by atoms with E-state index in [4.69, 9.17) is 6.42 Å². The Hall–Kier alpha value is -2.19. The molecule has 1 aromatic carbocycles. The maximum atomic E-state index is 12.1. The minimum Gasteiger partial charge on any atom is -0.356 e. The van der Waals surface area contributed by atoms with Crippen molar-refractivity contribution in [3.63, 3.8) is 0 Å². The molecule has 0 spiro atoms. The number of carbonyl (C=O) groups is 1. The third kappa shape index (κ3) is 4.17. The molecule has 0 aromatic heterocycles. The average Bonchev–Trinajstić information content (AvgIpc) is 3.33. The summed E-state index contributed by atoms with van der Waals surface area (Å²) in [5.41, 5.74) is 2.35. The van der Waals surface area contributed by atoms with Gasteiger partial charge in [0.2, 0.25) is 5.91 Å². The summed E-state index contributed by atoms with van der Waals surface area (Å²) in [6.07, 6.45) is 8.86. The molecule has 5 heteroatoms. The second-order valence-corrected chi connectivity index (χ2v) is 6.24. The summed E-state index contributed by atoms with van der Waals surface area (Å²) in [7, 11) is 0. The molecule has 3 rings (SSSR count). The normalized spacial score (nSPS) is 20.4. The highest BCUT2D eigenvalue weighted by Gasteiger charge is 2.38. The number of carbonyl (C=O) groups excluding carboxylic acids is 1. The van der Waals surface area contributed by atoms with Crippen molar-refractivity contribution >= 4 is 5.91 Å². The summed E-state index contributed by atoms with van der Waals surface area (Å²) >= 11 is 0. The van der Waals surface area contributed by atoms with Crippen LogP contribution in [0.2, 0.25) is 0 Å². The lowest BCUT2D eigenvalue weighted by Gasteiger charge is -2.25. The van der Waals surface area contributed by atoms with E-state index < -0.39 is 0 Å². The zero-order valence-corrected chi connectivity index (χ0v) is 13.2. The number of fused-ring (bicyclic) bond motifs is 1. The summed E-state index contributed by atoms with van der Waals surface area (Å²) < 4.78 is 0. The highest BCUT2D eigenvalue weighted by Crippen LogP contribution is 2.36. The van der Waals surface area contributed by atoms with Gasteiger partial charge in [-0.25, -0.2) is 0 Å². The van der Waals surface area contributed by atoms with Gasteiger partial charge in [-0.1, -0.05) is 24.3 Å². The summed E-state index contributed by atoms with van der Waals surface area (Å²) in [5, 5.41) is 14.6. The minimum atomic E-state index is -0.318. The Morgan fingerprint density at radius 3 is 2.87 bits per heavy atom. The van der Waals surface area contributed by atoms with Gasteiger partial charge < -0.3 is 10.6 Å². The fraction of sp³-hybridized carbons (Fsp3) is 0.500. The second kappa shape index (κ2) is 6.93. The summed E-state index contributed by atoms with van der Waals surface area (Å²) in [6, 6.07) is 8.59. The third-order valence-electron chi connectivity index (χ3n) is 4.50. The van der Waals surface area contributed by atoms with Gasteiger partial charge in [-0.05, 0) is 17.5 Å². The van der Waals surface area contributed by atoms with Crippen molar-refractivity contribution in [2.75, 3.05) is 6.54 Å². The Labute approximate surface area is 137 Å². The molecule has 0 unspecified atom stereocenters. The van der Waals surface area contributed by atoms with Crippen LogP contribution in [0.5, 0.6) is 0 Å². The van der Waals surface area contributed by atoms with Crippen LogP contribution in [0.15, 0.2) is 34.5 Å². The van der Waals surface area contributed by atoms with E-state index in [2.05, 4.69) is 51.0 Å². The number of benzene rings is 1. The molecule has 0 fully saturated rings. The highest BCUT2D eigenvalue weighted by molar-refractivity contribution is 5.76. The van der Waals surface area contributed by atoms with Gasteiger partial charge in [0.05, 0.1) is 0 Å².